The zero-order valence-corrected chi connectivity index (χ0v) is 17.5. The Hall–Kier alpha value is -2.33. The van der Waals surface area contributed by atoms with E-state index in [-0.39, 0.29) is 4.75 Å². The van der Waals surface area contributed by atoms with E-state index in [4.69, 9.17) is 4.98 Å². The van der Waals surface area contributed by atoms with Gasteiger partial charge in [-0.2, -0.15) is 0 Å². The Bertz CT molecular complexity index is 1170. The quantitative estimate of drug-likeness (QED) is 0.380. The van der Waals surface area contributed by atoms with E-state index in [1.165, 1.54) is 34.7 Å². The molecular formula is C24H25N3S. The van der Waals surface area contributed by atoms with Crippen molar-refractivity contribution in [1.29, 1.82) is 0 Å². The first-order chi connectivity index (χ1) is 13.5. The zero-order chi connectivity index (χ0) is 19.3. The molecule has 0 bridgehead atoms. The van der Waals surface area contributed by atoms with Crippen LogP contribution in [0.1, 0.15) is 50.7 Å². The van der Waals surface area contributed by atoms with Crippen LogP contribution in [0.4, 0.5) is 0 Å². The lowest BCUT2D eigenvalue weighted by Crippen LogP contribution is -2.11. The Kier molecular flexibility index (Phi) is 4.20. The van der Waals surface area contributed by atoms with Gasteiger partial charge in [0, 0.05) is 10.9 Å². The molecule has 4 heteroatoms. The maximum absolute atomic E-state index is 4.89. The molecule has 1 fully saturated rings. The van der Waals surface area contributed by atoms with Crippen molar-refractivity contribution in [2.45, 2.75) is 56.0 Å². The highest BCUT2D eigenvalue weighted by molar-refractivity contribution is 8.00. The second-order valence-electron chi connectivity index (χ2n) is 8.69. The van der Waals surface area contributed by atoms with Gasteiger partial charge in [0.15, 0.2) is 5.16 Å². The zero-order valence-electron chi connectivity index (χ0n) is 16.6. The predicted molar refractivity (Wildman–Crippen MR) is 118 cm³/mol. The van der Waals surface area contributed by atoms with Gasteiger partial charge in [0.25, 0.3) is 0 Å². The van der Waals surface area contributed by atoms with Crippen LogP contribution < -0.4 is 0 Å². The molecule has 142 valence electrons. The summed E-state index contributed by atoms with van der Waals surface area (Å²) in [5, 5.41) is 3.85. The topological polar surface area (TPSA) is 30.7 Å². The maximum atomic E-state index is 4.89. The third-order valence-corrected chi connectivity index (χ3v) is 6.41. The van der Waals surface area contributed by atoms with Gasteiger partial charge in [0.05, 0.1) is 18.3 Å². The SMILES string of the molecule is CC(C)(C)Sc1nc2cnccc2n1Cc1ccc(C2CC2)c2ccccc12. The van der Waals surface area contributed by atoms with Gasteiger partial charge in [-0.3, -0.25) is 4.98 Å². The Morgan fingerprint density at radius 1 is 1.04 bits per heavy atom. The molecular weight excluding hydrogens is 362 g/mol. The molecule has 1 aliphatic carbocycles. The van der Waals surface area contributed by atoms with Gasteiger partial charge >= 0.3 is 0 Å². The molecule has 0 aliphatic heterocycles. The largest absolute Gasteiger partial charge is 0.314 e. The van der Waals surface area contributed by atoms with Crippen molar-refractivity contribution in [2.24, 2.45) is 0 Å². The van der Waals surface area contributed by atoms with Gasteiger partial charge in [-0.1, -0.05) is 68.9 Å². The summed E-state index contributed by atoms with van der Waals surface area (Å²) >= 11 is 1.82. The average molecular weight is 388 g/mol. The number of benzene rings is 2. The minimum atomic E-state index is 0.102. The molecule has 0 amide bonds. The molecule has 2 aromatic heterocycles. The van der Waals surface area contributed by atoms with Crippen LogP contribution >= 0.6 is 11.8 Å². The van der Waals surface area contributed by atoms with Gasteiger partial charge in [0.2, 0.25) is 0 Å². The molecule has 0 unspecified atom stereocenters. The molecule has 1 aliphatic rings. The van der Waals surface area contributed by atoms with Crippen LogP contribution in [-0.4, -0.2) is 19.3 Å². The van der Waals surface area contributed by atoms with Gasteiger partial charge in [-0.25, -0.2) is 4.98 Å². The second-order valence-corrected chi connectivity index (χ2v) is 10.5. The molecule has 2 aromatic carbocycles. The van der Waals surface area contributed by atoms with Crippen LogP contribution in [0.15, 0.2) is 60.0 Å². The molecule has 0 spiro atoms. The number of hydrogen-bond donors (Lipinski definition) is 0. The van der Waals surface area contributed by atoms with Crippen molar-refractivity contribution in [3.8, 4) is 0 Å². The van der Waals surface area contributed by atoms with Crippen LogP contribution in [0.5, 0.6) is 0 Å². The fourth-order valence-corrected chi connectivity index (χ4v) is 4.87. The summed E-state index contributed by atoms with van der Waals surface area (Å²) in [6.45, 7) is 7.53. The molecule has 1 saturated carbocycles. The van der Waals surface area contributed by atoms with Crippen molar-refractivity contribution in [1.82, 2.24) is 14.5 Å². The van der Waals surface area contributed by atoms with Crippen LogP contribution in [0.3, 0.4) is 0 Å². The summed E-state index contributed by atoms with van der Waals surface area (Å²) in [7, 11) is 0. The van der Waals surface area contributed by atoms with Gasteiger partial charge in [0.1, 0.15) is 5.52 Å². The van der Waals surface area contributed by atoms with Gasteiger partial charge in [-0.05, 0) is 46.7 Å². The van der Waals surface area contributed by atoms with E-state index in [0.717, 1.165) is 28.7 Å². The first kappa shape index (κ1) is 17.7. The van der Waals surface area contributed by atoms with Crippen molar-refractivity contribution in [3.05, 3.63) is 66.0 Å². The molecule has 3 nitrogen and oxygen atoms in total. The number of nitrogens with zero attached hydrogens (tertiary/aromatic N) is 3. The van der Waals surface area contributed by atoms with Crippen molar-refractivity contribution in [2.75, 3.05) is 0 Å². The number of imidazole rings is 1. The molecule has 0 N–H and O–H groups in total. The normalized spacial score (nSPS) is 14.8. The predicted octanol–water partition coefficient (Wildman–Crippen LogP) is 6.40. The van der Waals surface area contributed by atoms with E-state index < -0.39 is 0 Å². The minimum absolute atomic E-state index is 0.102. The summed E-state index contributed by atoms with van der Waals surface area (Å²) in [6, 6.07) is 15.6. The fraction of sp³-hybridized carbons (Fsp3) is 0.333. The van der Waals surface area contributed by atoms with E-state index in [2.05, 4.69) is 72.8 Å². The summed E-state index contributed by atoms with van der Waals surface area (Å²) in [6.07, 6.45) is 6.39. The summed E-state index contributed by atoms with van der Waals surface area (Å²) < 4.78 is 2.45. The Morgan fingerprint density at radius 2 is 1.82 bits per heavy atom. The standard InChI is InChI=1S/C24H25N3S/c1-24(2,3)28-23-26-21-14-25-13-12-22(21)27(23)15-17-10-11-19(16-8-9-16)20-7-5-4-6-18(17)20/h4-7,10-14,16H,8-9,15H2,1-3H3. The van der Waals surface area contributed by atoms with Crippen molar-refractivity contribution < 1.29 is 0 Å². The van der Waals surface area contributed by atoms with Crippen molar-refractivity contribution in [3.63, 3.8) is 0 Å². The Balaban J connectivity index is 1.64. The van der Waals surface area contributed by atoms with E-state index in [1.807, 2.05) is 24.2 Å². The number of hydrogen-bond acceptors (Lipinski definition) is 3. The Morgan fingerprint density at radius 3 is 2.57 bits per heavy atom. The van der Waals surface area contributed by atoms with Crippen molar-refractivity contribution >= 4 is 33.6 Å². The van der Waals surface area contributed by atoms with E-state index in [0.29, 0.717) is 0 Å². The average Bonchev–Trinajstić information content (AvgIpc) is 3.45. The minimum Gasteiger partial charge on any atom is -0.314 e. The first-order valence-electron chi connectivity index (χ1n) is 9.99. The van der Waals surface area contributed by atoms with Crippen LogP contribution in [-0.2, 0) is 6.54 Å². The first-order valence-corrected chi connectivity index (χ1v) is 10.8. The highest BCUT2D eigenvalue weighted by Gasteiger charge is 2.26. The number of pyridine rings is 1. The van der Waals surface area contributed by atoms with E-state index in [9.17, 15) is 0 Å². The molecule has 4 aromatic rings. The molecule has 0 radical (unpaired) electrons. The third kappa shape index (κ3) is 3.30. The lowest BCUT2D eigenvalue weighted by atomic mass is 9.97. The highest BCUT2D eigenvalue weighted by atomic mass is 32.2. The summed E-state index contributed by atoms with van der Waals surface area (Å²) in [5.74, 6) is 0.756. The molecule has 5 rings (SSSR count). The molecule has 28 heavy (non-hydrogen) atoms. The lowest BCUT2D eigenvalue weighted by Gasteiger charge is -2.19. The number of fused-ring (bicyclic) bond motifs is 2. The van der Waals surface area contributed by atoms with E-state index in [1.54, 1.807) is 0 Å². The van der Waals surface area contributed by atoms with Gasteiger partial charge < -0.3 is 4.57 Å². The Labute approximate surface area is 170 Å². The van der Waals surface area contributed by atoms with Crippen LogP contribution in [0, 0.1) is 0 Å². The number of rotatable bonds is 4. The molecule has 0 atom stereocenters. The third-order valence-electron chi connectivity index (χ3n) is 5.31. The maximum Gasteiger partial charge on any atom is 0.169 e. The number of aromatic nitrogens is 3. The smallest absolute Gasteiger partial charge is 0.169 e. The lowest BCUT2D eigenvalue weighted by molar-refractivity contribution is 0.718. The van der Waals surface area contributed by atoms with E-state index >= 15 is 0 Å². The number of thioether (sulfide) groups is 1. The van der Waals surface area contributed by atoms with Crippen LogP contribution in [0.25, 0.3) is 21.8 Å². The second kappa shape index (κ2) is 6.63. The summed E-state index contributed by atoms with van der Waals surface area (Å²) in [4.78, 5) is 9.17. The fourth-order valence-electron chi connectivity index (χ4n) is 3.91. The molecule has 0 saturated heterocycles. The van der Waals surface area contributed by atoms with Crippen LogP contribution in [0.2, 0.25) is 0 Å². The highest BCUT2D eigenvalue weighted by Crippen LogP contribution is 2.44. The summed E-state index contributed by atoms with van der Waals surface area (Å²) in [5.41, 5.74) is 4.99. The van der Waals surface area contributed by atoms with Gasteiger partial charge in [-0.15, -0.1) is 0 Å². The monoisotopic (exact) mass is 387 g/mol. The molecule has 2 heterocycles.